The van der Waals surface area contributed by atoms with Gasteiger partial charge in [-0.2, -0.15) is 4.31 Å². The summed E-state index contributed by atoms with van der Waals surface area (Å²) in [6.07, 6.45) is 5.76. The summed E-state index contributed by atoms with van der Waals surface area (Å²) in [5, 5.41) is 13.3. The Morgan fingerprint density at radius 1 is 1.23 bits per heavy atom. The Morgan fingerprint density at radius 2 is 1.97 bits per heavy atom. The molecule has 0 radical (unpaired) electrons. The molecule has 8 nitrogen and oxygen atoms in total. The molecule has 0 spiro atoms. The van der Waals surface area contributed by atoms with Crippen LogP contribution in [0.3, 0.4) is 0 Å². The molecule has 1 saturated heterocycles. The fourth-order valence-electron chi connectivity index (χ4n) is 4.31. The van der Waals surface area contributed by atoms with Gasteiger partial charge in [-0.05, 0) is 67.2 Å². The largest absolute Gasteiger partial charge is 0.465 e. The van der Waals surface area contributed by atoms with Crippen LogP contribution in [0, 0.1) is 5.92 Å². The van der Waals surface area contributed by atoms with Crippen LogP contribution in [-0.2, 0) is 27.8 Å². The van der Waals surface area contributed by atoms with Crippen LogP contribution in [0.2, 0.25) is 0 Å². The van der Waals surface area contributed by atoms with Gasteiger partial charge in [-0.25, -0.2) is 13.2 Å². The molecule has 30 heavy (non-hydrogen) atoms. The summed E-state index contributed by atoms with van der Waals surface area (Å²) in [7, 11) is -1.64. The fourth-order valence-corrected chi connectivity index (χ4v) is 5.11. The number of hydrogen-bond donors (Lipinski definition) is 1. The van der Waals surface area contributed by atoms with Gasteiger partial charge in [-0.1, -0.05) is 17.3 Å². The Labute approximate surface area is 178 Å². The number of rotatable bonds is 7. The van der Waals surface area contributed by atoms with Crippen molar-refractivity contribution in [3.8, 4) is 0 Å². The van der Waals surface area contributed by atoms with Gasteiger partial charge < -0.3 is 14.8 Å². The normalized spacial score (nSPS) is 18.9. The van der Waals surface area contributed by atoms with Gasteiger partial charge >= 0.3 is 6.09 Å². The molecule has 0 unspecified atom stereocenters. The molecule has 3 rings (SSSR count). The predicted octanol–water partition coefficient (Wildman–Crippen LogP) is 2.92. The highest BCUT2D eigenvalue weighted by Gasteiger charge is 2.24. The summed E-state index contributed by atoms with van der Waals surface area (Å²) in [5.41, 5.74) is 4.12. The third-order valence-electron chi connectivity index (χ3n) is 6.10. The van der Waals surface area contributed by atoms with Crippen LogP contribution in [0.15, 0.2) is 23.4 Å². The highest BCUT2D eigenvalue weighted by Crippen LogP contribution is 2.25. The van der Waals surface area contributed by atoms with Crippen molar-refractivity contribution in [3.63, 3.8) is 0 Å². The van der Waals surface area contributed by atoms with Gasteiger partial charge in [0, 0.05) is 26.2 Å². The fraction of sp³-hybridized carbons (Fsp3) is 0.619. The lowest BCUT2D eigenvalue weighted by atomic mass is 9.90. The molecular weight excluding hydrogens is 406 g/mol. The standard InChI is InChI=1S/C21H31N3O5S/c1-29-22-20(5-3-4-16-8-11-23(12-9-16)21(25)26)18-6-7-19-15-24(30(2,27)28)13-10-17(19)14-18/h6-7,14,16H,3-5,8-13,15H2,1-2H3,(H,25,26)/b22-20+. The molecule has 2 aliphatic rings. The molecule has 2 aliphatic heterocycles. The van der Waals surface area contributed by atoms with E-state index in [1.54, 1.807) is 7.11 Å². The molecule has 0 atom stereocenters. The van der Waals surface area contributed by atoms with Crippen molar-refractivity contribution in [1.82, 2.24) is 9.21 Å². The first-order valence-electron chi connectivity index (χ1n) is 10.4. The maximum atomic E-state index is 11.8. The van der Waals surface area contributed by atoms with Crippen molar-refractivity contribution < 1.29 is 23.2 Å². The quantitative estimate of drug-likeness (QED) is 0.522. The van der Waals surface area contributed by atoms with Gasteiger partial charge in [0.05, 0.1) is 12.0 Å². The van der Waals surface area contributed by atoms with E-state index in [1.807, 2.05) is 12.1 Å². The lowest BCUT2D eigenvalue weighted by Gasteiger charge is -2.30. The van der Waals surface area contributed by atoms with Crippen molar-refractivity contribution in [1.29, 1.82) is 0 Å². The Hall–Kier alpha value is -2.13. The minimum absolute atomic E-state index is 0.417. The van der Waals surface area contributed by atoms with E-state index in [2.05, 4.69) is 11.2 Å². The van der Waals surface area contributed by atoms with Crippen molar-refractivity contribution in [2.45, 2.75) is 45.1 Å². The molecule has 1 amide bonds. The number of carboxylic acid groups (broad SMARTS) is 1. The van der Waals surface area contributed by atoms with E-state index >= 15 is 0 Å². The van der Waals surface area contributed by atoms with Gasteiger partial charge in [0.2, 0.25) is 10.0 Å². The Bertz CT molecular complexity index is 892. The van der Waals surface area contributed by atoms with E-state index in [1.165, 1.54) is 15.5 Å². The summed E-state index contributed by atoms with van der Waals surface area (Å²) in [4.78, 5) is 17.6. The average Bonchev–Trinajstić information content (AvgIpc) is 2.72. The van der Waals surface area contributed by atoms with Gasteiger partial charge in [0.15, 0.2) is 0 Å². The number of carbonyl (C=O) groups is 1. The van der Waals surface area contributed by atoms with Gasteiger partial charge in [0.25, 0.3) is 0 Å². The third kappa shape index (κ3) is 5.72. The molecule has 1 aromatic rings. The summed E-state index contributed by atoms with van der Waals surface area (Å²) in [5.74, 6) is 0.551. The SMILES string of the molecule is CO/N=C(\CCCC1CCN(C(=O)O)CC1)c1ccc2c(c1)CCN(S(C)(=O)=O)C2. The lowest BCUT2D eigenvalue weighted by Crippen LogP contribution is -2.37. The third-order valence-corrected chi connectivity index (χ3v) is 7.35. The molecule has 1 N–H and O–H groups in total. The number of hydrogen-bond acceptors (Lipinski definition) is 5. The number of sulfonamides is 1. The van der Waals surface area contributed by atoms with E-state index in [-0.39, 0.29) is 0 Å². The first kappa shape index (κ1) is 22.6. The molecular formula is C21H31N3O5S. The first-order valence-corrected chi connectivity index (χ1v) is 12.3. The first-order chi connectivity index (χ1) is 14.3. The summed E-state index contributed by atoms with van der Waals surface area (Å²) in [6, 6.07) is 6.10. The summed E-state index contributed by atoms with van der Waals surface area (Å²) >= 11 is 0. The van der Waals surface area contributed by atoms with E-state index in [4.69, 9.17) is 9.94 Å². The van der Waals surface area contributed by atoms with Crippen LogP contribution in [0.5, 0.6) is 0 Å². The summed E-state index contributed by atoms with van der Waals surface area (Å²) < 4.78 is 25.1. The molecule has 1 fully saturated rings. The van der Waals surface area contributed by atoms with Crippen LogP contribution < -0.4 is 0 Å². The monoisotopic (exact) mass is 437 g/mol. The number of piperidine rings is 1. The molecule has 0 aromatic heterocycles. The number of amides is 1. The molecule has 0 bridgehead atoms. The van der Waals surface area contributed by atoms with E-state index in [9.17, 15) is 13.2 Å². The summed E-state index contributed by atoms with van der Waals surface area (Å²) in [6.45, 7) is 2.16. The van der Waals surface area contributed by atoms with Gasteiger partial charge in [0.1, 0.15) is 7.11 Å². The highest BCUT2D eigenvalue weighted by atomic mass is 32.2. The number of likely N-dealkylation sites (tertiary alicyclic amines) is 1. The average molecular weight is 438 g/mol. The second kappa shape index (κ2) is 9.78. The van der Waals surface area contributed by atoms with Crippen molar-refractivity contribution in [2.24, 2.45) is 11.1 Å². The molecule has 166 valence electrons. The maximum absolute atomic E-state index is 11.8. The van der Waals surface area contributed by atoms with Crippen LogP contribution in [0.4, 0.5) is 4.79 Å². The number of benzene rings is 1. The molecule has 1 aromatic carbocycles. The number of oxime groups is 1. The van der Waals surface area contributed by atoms with Crippen LogP contribution >= 0.6 is 0 Å². The van der Waals surface area contributed by atoms with E-state index in [0.717, 1.165) is 54.5 Å². The topological polar surface area (TPSA) is 99.5 Å². The zero-order chi connectivity index (χ0) is 21.7. The molecule has 9 heteroatoms. The van der Waals surface area contributed by atoms with Crippen LogP contribution in [-0.4, -0.2) is 67.5 Å². The van der Waals surface area contributed by atoms with Gasteiger partial charge in [-0.3, -0.25) is 0 Å². The second-order valence-corrected chi connectivity index (χ2v) is 10.1. The van der Waals surface area contributed by atoms with Gasteiger partial charge in [-0.15, -0.1) is 0 Å². The molecule has 0 saturated carbocycles. The number of fused-ring (bicyclic) bond motifs is 1. The van der Waals surface area contributed by atoms with Crippen molar-refractivity contribution in [2.75, 3.05) is 33.0 Å². The zero-order valence-corrected chi connectivity index (χ0v) is 18.5. The Balaban J connectivity index is 1.58. The maximum Gasteiger partial charge on any atom is 0.407 e. The van der Waals surface area contributed by atoms with Crippen molar-refractivity contribution >= 4 is 21.8 Å². The van der Waals surface area contributed by atoms with Crippen molar-refractivity contribution in [3.05, 3.63) is 34.9 Å². The minimum Gasteiger partial charge on any atom is -0.465 e. The predicted molar refractivity (Wildman–Crippen MR) is 115 cm³/mol. The van der Waals surface area contributed by atoms with E-state index in [0.29, 0.717) is 38.5 Å². The highest BCUT2D eigenvalue weighted by molar-refractivity contribution is 7.88. The zero-order valence-electron chi connectivity index (χ0n) is 17.7. The molecule has 2 heterocycles. The van der Waals surface area contributed by atoms with E-state index < -0.39 is 16.1 Å². The lowest BCUT2D eigenvalue weighted by molar-refractivity contribution is 0.123. The Kier molecular flexibility index (Phi) is 7.36. The second-order valence-electron chi connectivity index (χ2n) is 8.16. The molecule has 0 aliphatic carbocycles. The number of nitrogens with zero attached hydrogens (tertiary/aromatic N) is 3. The van der Waals surface area contributed by atoms with Crippen LogP contribution in [0.25, 0.3) is 0 Å². The minimum atomic E-state index is -3.18. The smallest absolute Gasteiger partial charge is 0.407 e. The Morgan fingerprint density at radius 3 is 2.60 bits per heavy atom. The van der Waals surface area contributed by atoms with Crippen LogP contribution in [0.1, 0.15) is 48.8 Å².